The Morgan fingerprint density at radius 3 is 2.46 bits per heavy atom. The van der Waals surface area contributed by atoms with Gasteiger partial charge < -0.3 is 0 Å². The molecule has 3 unspecified atom stereocenters. The summed E-state index contributed by atoms with van der Waals surface area (Å²) in [5.41, 5.74) is 0. The molecule has 0 aliphatic heterocycles. The standard InChI is InChI=1S/C12H24S/c1-4-10(3)12(8-13)11-6-5-9(2)7-11/h9-13H,4-8H2,1-3H3/t9-,10?,11?,12?/m0/s1. The van der Waals surface area contributed by atoms with Crippen LogP contribution in [0.4, 0.5) is 0 Å². The minimum absolute atomic E-state index is 0.868. The zero-order chi connectivity index (χ0) is 9.84. The third-order valence-electron chi connectivity index (χ3n) is 3.93. The molecule has 0 aromatic carbocycles. The van der Waals surface area contributed by atoms with E-state index in [1.807, 2.05) is 0 Å². The molecule has 0 aromatic heterocycles. The highest BCUT2D eigenvalue weighted by Crippen LogP contribution is 2.39. The number of hydrogen-bond acceptors (Lipinski definition) is 1. The smallest absolute Gasteiger partial charge is 0.00643 e. The van der Waals surface area contributed by atoms with E-state index in [1.165, 1.54) is 25.7 Å². The van der Waals surface area contributed by atoms with Crippen LogP contribution in [0, 0.1) is 23.7 Å². The molecule has 78 valence electrons. The molecule has 1 aliphatic carbocycles. The molecule has 0 nitrogen and oxygen atoms in total. The molecule has 13 heavy (non-hydrogen) atoms. The average Bonchev–Trinajstić information content (AvgIpc) is 2.53. The van der Waals surface area contributed by atoms with Gasteiger partial charge in [0, 0.05) is 0 Å². The van der Waals surface area contributed by atoms with Crippen molar-refractivity contribution in [2.45, 2.75) is 46.5 Å². The Labute approximate surface area is 88.9 Å². The zero-order valence-corrected chi connectivity index (χ0v) is 10.2. The third-order valence-corrected chi connectivity index (χ3v) is 4.35. The van der Waals surface area contributed by atoms with E-state index in [0.717, 1.165) is 29.4 Å². The van der Waals surface area contributed by atoms with Crippen LogP contribution in [0.25, 0.3) is 0 Å². The summed E-state index contributed by atoms with van der Waals surface area (Å²) in [4.78, 5) is 0. The van der Waals surface area contributed by atoms with Crippen molar-refractivity contribution >= 4 is 12.6 Å². The fraction of sp³-hybridized carbons (Fsp3) is 1.00. The van der Waals surface area contributed by atoms with Crippen molar-refractivity contribution in [3.63, 3.8) is 0 Å². The molecular formula is C12H24S. The van der Waals surface area contributed by atoms with Crippen molar-refractivity contribution in [2.24, 2.45) is 23.7 Å². The highest BCUT2D eigenvalue weighted by Gasteiger charge is 2.30. The molecule has 0 radical (unpaired) electrons. The SMILES string of the molecule is CCC(C)C(CS)C1CC[C@H](C)C1. The highest BCUT2D eigenvalue weighted by molar-refractivity contribution is 7.80. The molecule has 0 spiro atoms. The first-order valence-electron chi connectivity index (χ1n) is 5.79. The second-order valence-electron chi connectivity index (χ2n) is 4.91. The van der Waals surface area contributed by atoms with Gasteiger partial charge in [0.1, 0.15) is 0 Å². The van der Waals surface area contributed by atoms with E-state index in [-0.39, 0.29) is 0 Å². The monoisotopic (exact) mass is 200 g/mol. The van der Waals surface area contributed by atoms with E-state index in [9.17, 15) is 0 Å². The molecular weight excluding hydrogens is 176 g/mol. The van der Waals surface area contributed by atoms with Crippen LogP contribution < -0.4 is 0 Å². The number of hydrogen-bond donors (Lipinski definition) is 1. The molecule has 1 fully saturated rings. The predicted octanol–water partition coefficient (Wildman–Crippen LogP) is 4.01. The van der Waals surface area contributed by atoms with E-state index in [4.69, 9.17) is 0 Å². The molecule has 0 aromatic rings. The number of thiol groups is 1. The van der Waals surface area contributed by atoms with Crippen LogP contribution in [-0.2, 0) is 0 Å². The van der Waals surface area contributed by atoms with Gasteiger partial charge in [0.15, 0.2) is 0 Å². The predicted molar refractivity (Wildman–Crippen MR) is 63.3 cm³/mol. The first kappa shape index (κ1) is 11.4. The van der Waals surface area contributed by atoms with Gasteiger partial charge in [0.2, 0.25) is 0 Å². The molecule has 1 heteroatoms. The maximum Gasteiger partial charge on any atom is -0.00643 e. The molecule has 0 amide bonds. The van der Waals surface area contributed by atoms with E-state index < -0.39 is 0 Å². The third kappa shape index (κ3) is 2.90. The minimum Gasteiger partial charge on any atom is -0.179 e. The largest absolute Gasteiger partial charge is 0.179 e. The molecule has 0 heterocycles. The van der Waals surface area contributed by atoms with Gasteiger partial charge in [-0.05, 0) is 42.3 Å². The van der Waals surface area contributed by atoms with E-state index in [2.05, 4.69) is 33.4 Å². The van der Waals surface area contributed by atoms with Crippen LogP contribution in [-0.4, -0.2) is 5.75 Å². The van der Waals surface area contributed by atoms with Gasteiger partial charge >= 0.3 is 0 Å². The fourth-order valence-electron chi connectivity index (χ4n) is 2.74. The molecule has 1 saturated carbocycles. The van der Waals surface area contributed by atoms with Crippen LogP contribution in [0.2, 0.25) is 0 Å². The van der Waals surface area contributed by atoms with Crippen LogP contribution in [0.1, 0.15) is 46.5 Å². The van der Waals surface area contributed by atoms with Crippen molar-refractivity contribution in [2.75, 3.05) is 5.75 Å². The average molecular weight is 200 g/mol. The van der Waals surface area contributed by atoms with Crippen molar-refractivity contribution in [3.05, 3.63) is 0 Å². The lowest BCUT2D eigenvalue weighted by Gasteiger charge is -2.27. The van der Waals surface area contributed by atoms with Crippen LogP contribution in [0.15, 0.2) is 0 Å². The quantitative estimate of drug-likeness (QED) is 0.651. The Bertz CT molecular complexity index is 144. The highest BCUT2D eigenvalue weighted by atomic mass is 32.1. The maximum atomic E-state index is 4.51. The molecule has 1 aliphatic rings. The summed E-state index contributed by atoms with van der Waals surface area (Å²) in [5.74, 6) is 4.77. The van der Waals surface area contributed by atoms with Crippen molar-refractivity contribution in [3.8, 4) is 0 Å². The first-order valence-corrected chi connectivity index (χ1v) is 6.43. The summed E-state index contributed by atoms with van der Waals surface area (Å²) in [5, 5.41) is 0. The summed E-state index contributed by atoms with van der Waals surface area (Å²) in [6.07, 6.45) is 5.67. The molecule has 4 atom stereocenters. The topological polar surface area (TPSA) is 0 Å². The summed E-state index contributed by atoms with van der Waals surface area (Å²) in [7, 11) is 0. The van der Waals surface area contributed by atoms with Gasteiger partial charge in [-0.2, -0.15) is 12.6 Å². The summed E-state index contributed by atoms with van der Waals surface area (Å²) < 4.78 is 0. The minimum atomic E-state index is 0.868. The molecule has 0 saturated heterocycles. The maximum absolute atomic E-state index is 4.51. The Balaban J connectivity index is 2.46. The summed E-state index contributed by atoms with van der Waals surface area (Å²) in [6, 6.07) is 0. The normalized spacial score (nSPS) is 33.2. The lowest BCUT2D eigenvalue weighted by atomic mass is 9.81. The van der Waals surface area contributed by atoms with Gasteiger partial charge in [0.05, 0.1) is 0 Å². The van der Waals surface area contributed by atoms with Crippen LogP contribution in [0.3, 0.4) is 0 Å². The van der Waals surface area contributed by atoms with Crippen LogP contribution in [0.5, 0.6) is 0 Å². The fourth-order valence-corrected chi connectivity index (χ4v) is 3.39. The van der Waals surface area contributed by atoms with Gasteiger partial charge in [-0.3, -0.25) is 0 Å². The second kappa shape index (κ2) is 5.29. The van der Waals surface area contributed by atoms with Gasteiger partial charge in [-0.25, -0.2) is 0 Å². The molecule has 0 bridgehead atoms. The van der Waals surface area contributed by atoms with E-state index in [0.29, 0.717) is 0 Å². The van der Waals surface area contributed by atoms with E-state index in [1.54, 1.807) is 0 Å². The van der Waals surface area contributed by atoms with Crippen molar-refractivity contribution in [1.29, 1.82) is 0 Å². The molecule has 1 rings (SSSR count). The lowest BCUT2D eigenvalue weighted by molar-refractivity contribution is 0.261. The molecule has 0 N–H and O–H groups in total. The van der Waals surface area contributed by atoms with Gasteiger partial charge in [0.25, 0.3) is 0 Å². The summed E-state index contributed by atoms with van der Waals surface area (Å²) in [6.45, 7) is 7.09. The van der Waals surface area contributed by atoms with Crippen molar-refractivity contribution in [1.82, 2.24) is 0 Å². The van der Waals surface area contributed by atoms with Gasteiger partial charge in [-0.15, -0.1) is 0 Å². The Morgan fingerprint density at radius 1 is 1.38 bits per heavy atom. The van der Waals surface area contributed by atoms with Crippen LogP contribution >= 0.6 is 12.6 Å². The summed E-state index contributed by atoms with van der Waals surface area (Å²) >= 11 is 4.51. The first-order chi connectivity index (χ1) is 6.19. The van der Waals surface area contributed by atoms with E-state index >= 15 is 0 Å². The van der Waals surface area contributed by atoms with Crippen molar-refractivity contribution < 1.29 is 0 Å². The Morgan fingerprint density at radius 2 is 2.08 bits per heavy atom. The number of rotatable bonds is 4. The van der Waals surface area contributed by atoms with Gasteiger partial charge in [-0.1, -0.05) is 33.6 Å². The lowest BCUT2D eigenvalue weighted by Crippen LogP contribution is -2.21. The zero-order valence-electron chi connectivity index (χ0n) is 9.29. The Kier molecular flexibility index (Phi) is 4.64. The second-order valence-corrected chi connectivity index (χ2v) is 5.28. The Hall–Kier alpha value is 0.350.